The Balaban J connectivity index is 1.93. The van der Waals surface area contributed by atoms with Gasteiger partial charge in [-0.2, -0.15) is 5.10 Å². The molecule has 0 atom stereocenters. The number of carbonyl (C=O) groups is 1. The molecule has 0 aliphatic heterocycles. The van der Waals surface area contributed by atoms with Gasteiger partial charge in [-0.3, -0.25) is 9.78 Å². The lowest BCUT2D eigenvalue weighted by Gasteiger charge is -2.00. The van der Waals surface area contributed by atoms with Crippen molar-refractivity contribution in [3.8, 4) is 0 Å². The van der Waals surface area contributed by atoms with Crippen molar-refractivity contribution in [3.05, 3.63) is 30.1 Å². The molecule has 4 heteroatoms. The molecule has 0 aliphatic rings. The van der Waals surface area contributed by atoms with Crippen LogP contribution in [0.4, 0.5) is 0 Å². The highest BCUT2D eigenvalue weighted by molar-refractivity contribution is 5.93. The van der Waals surface area contributed by atoms with Crippen LogP contribution in [0.3, 0.4) is 0 Å². The van der Waals surface area contributed by atoms with E-state index in [9.17, 15) is 4.79 Å². The molecule has 0 radical (unpaired) electrons. The first-order chi connectivity index (χ1) is 10.8. The Bertz CT molecular complexity index is 418. The van der Waals surface area contributed by atoms with Crippen LogP contribution in [0.2, 0.25) is 0 Å². The topological polar surface area (TPSA) is 54.4 Å². The maximum Gasteiger partial charge on any atom is 0.272 e. The zero-order chi connectivity index (χ0) is 15.9. The molecule has 0 aliphatic carbocycles. The Morgan fingerprint density at radius 3 is 2.45 bits per heavy atom. The molecule has 0 aromatic carbocycles. The maximum absolute atomic E-state index is 11.7. The summed E-state index contributed by atoms with van der Waals surface area (Å²) in [5.74, 6) is -0.212. The van der Waals surface area contributed by atoms with Crippen molar-refractivity contribution in [1.29, 1.82) is 0 Å². The minimum atomic E-state index is -0.212. The van der Waals surface area contributed by atoms with E-state index in [1.807, 2.05) is 0 Å². The van der Waals surface area contributed by atoms with E-state index in [1.54, 1.807) is 24.5 Å². The number of hydrazone groups is 1. The van der Waals surface area contributed by atoms with E-state index in [2.05, 4.69) is 22.4 Å². The molecule has 1 heterocycles. The van der Waals surface area contributed by atoms with Crippen LogP contribution in [0.15, 0.2) is 29.6 Å². The standard InChI is InChI=1S/C18H29N3O/c1-2-3-4-5-6-7-8-9-10-11-15-20-21-18(22)17-13-12-14-19-16-17/h12-16H,2-11H2,1H3,(H,21,22). The molecule has 0 saturated carbocycles. The van der Waals surface area contributed by atoms with Crippen molar-refractivity contribution in [2.45, 2.75) is 71.1 Å². The summed E-state index contributed by atoms with van der Waals surface area (Å²) in [4.78, 5) is 15.6. The fourth-order valence-electron chi connectivity index (χ4n) is 2.28. The predicted octanol–water partition coefficient (Wildman–Crippen LogP) is 4.72. The zero-order valence-corrected chi connectivity index (χ0v) is 13.8. The normalized spacial score (nSPS) is 11.0. The van der Waals surface area contributed by atoms with Crippen molar-refractivity contribution in [2.75, 3.05) is 0 Å². The van der Waals surface area contributed by atoms with Gasteiger partial charge in [0.15, 0.2) is 0 Å². The van der Waals surface area contributed by atoms with Crippen LogP contribution in [0.1, 0.15) is 81.5 Å². The second kappa shape index (κ2) is 13.0. The summed E-state index contributed by atoms with van der Waals surface area (Å²) >= 11 is 0. The lowest BCUT2D eigenvalue weighted by Crippen LogP contribution is -2.17. The summed E-state index contributed by atoms with van der Waals surface area (Å²) in [5.41, 5.74) is 3.05. The van der Waals surface area contributed by atoms with Gasteiger partial charge in [-0.05, 0) is 25.0 Å². The minimum Gasteiger partial charge on any atom is -0.267 e. The number of pyridine rings is 1. The fraction of sp³-hybridized carbons (Fsp3) is 0.611. The fourth-order valence-corrected chi connectivity index (χ4v) is 2.28. The van der Waals surface area contributed by atoms with Crippen LogP contribution < -0.4 is 5.43 Å². The van der Waals surface area contributed by atoms with E-state index in [4.69, 9.17) is 0 Å². The van der Waals surface area contributed by atoms with Gasteiger partial charge in [0.2, 0.25) is 0 Å². The number of unbranched alkanes of at least 4 members (excludes halogenated alkanes) is 9. The number of hydrogen-bond donors (Lipinski definition) is 1. The summed E-state index contributed by atoms with van der Waals surface area (Å²) in [7, 11) is 0. The number of rotatable bonds is 12. The van der Waals surface area contributed by atoms with E-state index in [-0.39, 0.29) is 5.91 Å². The molecule has 1 rings (SSSR count). The summed E-state index contributed by atoms with van der Waals surface area (Å²) in [6.45, 7) is 2.25. The van der Waals surface area contributed by atoms with Crippen molar-refractivity contribution < 1.29 is 4.79 Å². The van der Waals surface area contributed by atoms with E-state index in [0.717, 1.165) is 12.8 Å². The molecular formula is C18H29N3O. The maximum atomic E-state index is 11.7. The van der Waals surface area contributed by atoms with Gasteiger partial charge < -0.3 is 0 Å². The average Bonchev–Trinajstić information content (AvgIpc) is 2.56. The summed E-state index contributed by atoms with van der Waals surface area (Å²) in [6, 6.07) is 3.46. The monoisotopic (exact) mass is 303 g/mol. The van der Waals surface area contributed by atoms with Crippen LogP contribution in [0, 0.1) is 0 Å². The lowest BCUT2D eigenvalue weighted by atomic mass is 10.1. The van der Waals surface area contributed by atoms with Crippen LogP contribution >= 0.6 is 0 Å². The van der Waals surface area contributed by atoms with Gasteiger partial charge in [-0.25, -0.2) is 5.43 Å². The molecule has 0 saturated heterocycles. The first-order valence-corrected chi connectivity index (χ1v) is 8.56. The molecule has 1 N–H and O–H groups in total. The first kappa shape index (κ1) is 18.3. The summed E-state index contributed by atoms with van der Waals surface area (Å²) < 4.78 is 0. The van der Waals surface area contributed by atoms with E-state index in [1.165, 1.54) is 57.6 Å². The van der Waals surface area contributed by atoms with Gasteiger partial charge in [0.1, 0.15) is 0 Å². The second-order valence-corrected chi connectivity index (χ2v) is 5.61. The second-order valence-electron chi connectivity index (χ2n) is 5.61. The molecular weight excluding hydrogens is 274 g/mol. The highest BCUT2D eigenvalue weighted by Crippen LogP contribution is 2.09. The average molecular weight is 303 g/mol. The van der Waals surface area contributed by atoms with E-state index in [0.29, 0.717) is 5.56 Å². The molecule has 0 spiro atoms. The SMILES string of the molecule is CCCCCCCCCCCC=NNC(=O)c1cccnc1. The molecule has 1 aromatic rings. The van der Waals surface area contributed by atoms with Gasteiger partial charge in [0, 0.05) is 18.6 Å². The number of aromatic nitrogens is 1. The van der Waals surface area contributed by atoms with Gasteiger partial charge in [-0.1, -0.05) is 58.3 Å². The zero-order valence-electron chi connectivity index (χ0n) is 13.8. The van der Waals surface area contributed by atoms with Crippen LogP contribution in [-0.4, -0.2) is 17.1 Å². The third kappa shape index (κ3) is 9.27. The van der Waals surface area contributed by atoms with Gasteiger partial charge in [0.05, 0.1) is 5.56 Å². The summed E-state index contributed by atoms with van der Waals surface area (Å²) in [5, 5.41) is 3.96. The Hall–Kier alpha value is -1.71. The lowest BCUT2D eigenvalue weighted by molar-refractivity contribution is 0.0954. The third-order valence-corrected chi connectivity index (χ3v) is 3.62. The van der Waals surface area contributed by atoms with Crippen LogP contribution in [-0.2, 0) is 0 Å². The van der Waals surface area contributed by atoms with Gasteiger partial charge >= 0.3 is 0 Å². The number of carbonyl (C=O) groups excluding carboxylic acids is 1. The van der Waals surface area contributed by atoms with Crippen molar-refractivity contribution in [3.63, 3.8) is 0 Å². The molecule has 1 amide bonds. The minimum absolute atomic E-state index is 0.212. The Morgan fingerprint density at radius 1 is 1.14 bits per heavy atom. The first-order valence-electron chi connectivity index (χ1n) is 8.56. The van der Waals surface area contributed by atoms with Crippen molar-refractivity contribution >= 4 is 12.1 Å². The molecule has 122 valence electrons. The van der Waals surface area contributed by atoms with Crippen molar-refractivity contribution in [1.82, 2.24) is 10.4 Å². The number of nitrogens with one attached hydrogen (secondary N) is 1. The Labute approximate surface area is 134 Å². The number of nitrogens with zero attached hydrogens (tertiary/aromatic N) is 2. The summed E-state index contributed by atoms with van der Waals surface area (Å²) in [6.07, 6.45) is 17.8. The van der Waals surface area contributed by atoms with E-state index < -0.39 is 0 Å². The molecule has 0 bridgehead atoms. The van der Waals surface area contributed by atoms with Crippen molar-refractivity contribution in [2.24, 2.45) is 5.10 Å². The highest BCUT2D eigenvalue weighted by atomic mass is 16.2. The molecule has 0 fully saturated rings. The quantitative estimate of drug-likeness (QED) is 0.345. The van der Waals surface area contributed by atoms with Gasteiger partial charge in [-0.15, -0.1) is 0 Å². The van der Waals surface area contributed by atoms with Crippen LogP contribution in [0.5, 0.6) is 0 Å². The molecule has 1 aromatic heterocycles. The smallest absolute Gasteiger partial charge is 0.267 e. The molecule has 22 heavy (non-hydrogen) atoms. The van der Waals surface area contributed by atoms with Gasteiger partial charge in [0.25, 0.3) is 5.91 Å². The number of hydrogen-bond acceptors (Lipinski definition) is 3. The van der Waals surface area contributed by atoms with Crippen LogP contribution in [0.25, 0.3) is 0 Å². The molecule has 0 unspecified atom stereocenters. The molecule has 4 nitrogen and oxygen atoms in total. The number of amides is 1. The Morgan fingerprint density at radius 2 is 1.82 bits per heavy atom. The largest absolute Gasteiger partial charge is 0.272 e. The highest BCUT2D eigenvalue weighted by Gasteiger charge is 2.01. The Kier molecular flexibility index (Phi) is 10.8. The predicted molar refractivity (Wildman–Crippen MR) is 92.0 cm³/mol. The van der Waals surface area contributed by atoms with E-state index >= 15 is 0 Å². The third-order valence-electron chi connectivity index (χ3n) is 3.62.